The predicted molar refractivity (Wildman–Crippen MR) is 58.8 cm³/mol. The zero-order chi connectivity index (χ0) is 11.1. The molecular weight excluding hydrogens is 214 g/mol. The Bertz CT molecular complexity index is 312. The van der Waals surface area contributed by atoms with Crippen molar-refractivity contribution in [3.05, 3.63) is 0 Å². The largest absolute Gasteiger partial charge is 0.377 e. The normalized spacial score (nSPS) is 21.4. The van der Waals surface area contributed by atoms with E-state index in [1.165, 1.54) is 0 Å². The molecule has 1 fully saturated rings. The summed E-state index contributed by atoms with van der Waals surface area (Å²) in [7, 11) is -3.19. The van der Waals surface area contributed by atoms with E-state index in [0.29, 0.717) is 26.0 Å². The summed E-state index contributed by atoms with van der Waals surface area (Å²) in [4.78, 5) is 0. The second-order valence-corrected chi connectivity index (χ2v) is 5.47. The van der Waals surface area contributed by atoms with Gasteiger partial charge in [0.05, 0.1) is 11.9 Å². The number of terminal acetylenes is 1. The molecule has 1 aliphatic rings. The van der Waals surface area contributed by atoms with Gasteiger partial charge in [0, 0.05) is 19.6 Å². The van der Waals surface area contributed by atoms with Gasteiger partial charge in [-0.05, 0) is 19.3 Å². The highest BCUT2D eigenvalue weighted by molar-refractivity contribution is 7.89. The number of hydrogen-bond acceptors (Lipinski definition) is 3. The lowest BCUT2D eigenvalue weighted by Gasteiger charge is -2.10. The molecule has 0 aromatic rings. The fourth-order valence-electron chi connectivity index (χ4n) is 1.50. The van der Waals surface area contributed by atoms with Crippen LogP contribution in [0, 0.1) is 12.3 Å². The van der Waals surface area contributed by atoms with E-state index in [1.54, 1.807) is 0 Å². The van der Waals surface area contributed by atoms with E-state index in [9.17, 15) is 8.42 Å². The molecule has 0 amide bonds. The maximum Gasteiger partial charge on any atom is 0.214 e. The SMILES string of the molecule is C#CCCCNS(=O)(=O)CC1CCCO1. The number of sulfonamides is 1. The number of unbranched alkanes of at least 4 members (excludes halogenated alkanes) is 1. The Balaban J connectivity index is 2.22. The molecule has 1 heterocycles. The highest BCUT2D eigenvalue weighted by atomic mass is 32.2. The van der Waals surface area contributed by atoms with Gasteiger partial charge in [-0.2, -0.15) is 0 Å². The third-order valence-electron chi connectivity index (χ3n) is 2.25. The Labute approximate surface area is 91.4 Å². The molecule has 86 valence electrons. The van der Waals surface area contributed by atoms with Crippen LogP contribution < -0.4 is 4.72 Å². The lowest BCUT2D eigenvalue weighted by molar-refractivity contribution is 0.127. The first-order valence-electron chi connectivity index (χ1n) is 5.16. The molecule has 0 bridgehead atoms. The highest BCUT2D eigenvalue weighted by Gasteiger charge is 2.22. The Morgan fingerprint density at radius 2 is 2.33 bits per heavy atom. The van der Waals surface area contributed by atoms with Crippen molar-refractivity contribution in [3.8, 4) is 12.3 Å². The van der Waals surface area contributed by atoms with Crippen LogP contribution in [-0.4, -0.2) is 33.4 Å². The van der Waals surface area contributed by atoms with Crippen molar-refractivity contribution in [2.45, 2.75) is 31.8 Å². The van der Waals surface area contributed by atoms with Crippen LogP contribution in [0.1, 0.15) is 25.7 Å². The average molecular weight is 231 g/mol. The second kappa shape index (κ2) is 6.11. The van der Waals surface area contributed by atoms with Crippen molar-refractivity contribution in [3.63, 3.8) is 0 Å². The molecule has 15 heavy (non-hydrogen) atoms. The summed E-state index contributed by atoms with van der Waals surface area (Å²) in [6, 6.07) is 0. The van der Waals surface area contributed by atoms with Crippen molar-refractivity contribution in [1.82, 2.24) is 4.72 Å². The summed E-state index contributed by atoms with van der Waals surface area (Å²) < 4.78 is 30.8. The molecule has 1 N–H and O–H groups in total. The number of hydrogen-bond donors (Lipinski definition) is 1. The van der Waals surface area contributed by atoms with E-state index in [4.69, 9.17) is 11.2 Å². The molecule has 1 rings (SSSR count). The molecule has 1 unspecified atom stereocenters. The molecular formula is C10H17NO3S. The summed E-state index contributed by atoms with van der Waals surface area (Å²) in [5.41, 5.74) is 0. The molecule has 0 aliphatic carbocycles. The van der Waals surface area contributed by atoms with Gasteiger partial charge in [0.1, 0.15) is 0 Å². The van der Waals surface area contributed by atoms with Gasteiger partial charge < -0.3 is 4.74 Å². The summed E-state index contributed by atoms with van der Waals surface area (Å²) in [6.07, 6.45) is 8.01. The summed E-state index contributed by atoms with van der Waals surface area (Å²) in [6.45, 7) is 1.09. The van der Waals surface area contributed by atoms with E-state index < -0.39 is 10.0 Å². The van der Waals surface area contributed by atoms with Crippen molar-refractivity contribution in [2.24, 2.45) is 0 Å². The smallest absolute Gasteiger partial charge is 0.214 e. The molecule has 1 saturated heterocycles. The van der Waals surface area contributed by atoms with Crippen molar-refractivity contribution in [2.75, 3.05) is 18.9 Å². The molecule has 0 aromatic heterocycles. The Morgan fingerprint density at radius 3 is 2.93 bits per heavy atom. The summed E-state index contributed by atoms with van der Waals surface area (Å²) >= 11 is 0. The van der Waals surface area contributed by atoms with E-state index >= 15 is 0 Å². The third kappa shape index (κ3) is 5.17. The Kier molecular flexibility index (Phi) is 5.09. The fourth-order valence-corrected chi connectivity index (χ4v) is 2.82. The van der Waals surface area contributed by atoms with Crippen LogP contribution in [0.4, 0.5) is 0 Å². The van der Waals surface area contributed by atoms with E-state index in [-0.39, 0.29) is 11.9 Å². The van der Waals surface area contributed by atoms with Gasteiger partial charge in [0.25, 0.3) is 0 Å². The monoisotopic (exact) mass is 231 g/mol. The van der Waals surface area contributed by atoms with Crippen LogP contribution in [0.15, 0.2) is 0 Å². The minimum Gasteiger partial charge on any atom is -0.377 e. The Morgan fingerprint density at radius 1 is 1.53 bits per heavy atom. The van der Waals surface area contributed by atoms with Crippen molar-refractivity contribution in [1.29, 1.82) is 0 Å². The van der Waals surface area contributed by atoms with Gasteiger partial charge in [-0.3, -0.25) is 0 Å². The number of ether oxygens (including phenoxy) is 1. The maximum absolute atomic E-state index is 11.5. The Hall–Kier alpha value is -0.570. The lowest BCUT2D eigenvalue weighted by Crippen LogP contribution is -2.32. The molecule has 1 aliphatic heterocycles. The van der Waals surface area contributed by atoms with Crippen LogP contribution >= 0.6 is 0 Å². The topological polar surface area (TPSA) is 55.4 Å². The first-order chi connectivity index (χ1) is 7.14. The van der Waals surface area contributed by atoms with Gasteiger partial charge in [-0.1, -0.05) is 0 Å². The zero-order valence-corrected chi connectivity index (χ0v) is 9.55. The lowest BCUT2D eigenvalue weighted by atomic mass is 10.3. The minimum absolute atomic E-state index is 0.0725. The van der Waals surface area contributed by atoms with Gasteiger partial charge in [0.2, 0.25) is 10.0 Å². The molecule has 4 nitrogen and oxygen atoms in total. The quantitative estimate of drug-likeness (QED) is 0.535. The molecule has 0 spiro atoms. The second-order valence-electron chi connectivity index (χ2n) is 3.62. The van der Waals surface area contributed by atoms with E-state index in [0.717, 1.165) is 12.8 Å². The van der Waals surface area contributed by atoms with Crippen LogP contribution in [0.5, 0.6) is 0 Å². The molecule has 0 radical (unpaired) electrons. The molecule has 5 heteroatoms. The predicted octanol–water partition coefficient (Wildman–Crippen LogP) is 0.498. The molecule has 0 aromatic carbocycles. The van der Waals surface area contributed by atoms with Crippen LogP contribution in [0.2, 0.25) is 0 Å². The maximum atomic E-state index is 11.5. The number of nitrogens with one attached hydrogen (secondary N) is 1. The van der Waals surface area contributed by atoms with Crippen LogP contribution in [-0.2, 0) is 14.8 Å². The van der Waals surface area contributed by atoms with Gasteiger partial charge in [0.15, 0.2) is 0 Å². The highest BCUT2D eigenvalue weighted by Crippen LogP contribution is 2.13. The third-order valence-corrected chi connectivity index (χ3v) is 3.70. The standard InChI is InChI=1S/C10H17NO3S/c1-2-3-4-7-11-15(12,13)9-10-6-5-8-14-10/h1,10-11H,3-9H2. The van der Waals surface area contributed by atoms with Crippen molar-refractivity contribution >= 4 is 10.0 Å². The first kappa shape index (κ1) is 12.5. The average Bonchev–Trinajstić information content (AvgIpc) is 2.64. The summed E-state index contributed by atoms with van der Waals surface area (Å²) in [5.74, 6) is 2.54. The zero-order valence-electron chi connectivity index (χ0n) is 8.74. The van der Waals surface area contributed by atoms with Gasteiger partial charge >= 0.3 is 0 Å². The fraction of sp³-hybridized carbons (Fsp3) is 0.800. The van der Waals surface area contributed by atoms with Crippen molar-refractivity contribution < 1.29 is 13.2 Å². The van der Waals surface area contributed by atoms with E-state index in [1.807, 2.05) is 0 Å². The summed E-state index contributed by atoms with van der Waals surface area (Å²) in [5, 5.41) is 0. The minimum atomic E-state index is -3.19. The first-order valence-corrected chi connectivity index (χ1v) is 6.82. The van der Waals surface area contributed by atoms with Crippen LogP contribution in [0.25, 0.3) is 0 Å². The van der Waals surface area contributed by atoms with E-state index in [2.05, 4.69) is 10.6 Å². The van der Waals surface area contributed by atoms with Gasteiger partial charge in [-0.15, -0.1) is 12.3 Å². The molecule has 0 saturated carbocycles. The van der Waals surface area contributed by atoms with Crippen LogP contribution in [0.3, 0.4) is 0 Å². The molecule has 1 atom stereocenters. The number of rotatable bonds is 6. The van der Waals surface area contributed by atoms with Gasteiger partial charge in [-0.25, -0.2) is 13.1 Å².